The summed E-state index contributed by atoms with van der Waals surface area (Å²) in [5.41, 5.74) is 10.3. The molecule has 0 radical (unpaired) electrons. The third-order valence-electron chi connectivity index (χ3n) is 2.75. The molecule has 0 aliphatic heterocycles. The van der Waals surface area contributed by atoms with Crippen LogP contribution in [0.3, 0.4) is 0 Å². The lowest BCUT2D eigenvalue weighted by Gasteiger charge is -2.30. The number of anilines is 1. The molecule has 5 nitrogen and oxygen atoms in total. The molecular formula is C12H22N4O. The number of nitrogens with zero attached hydrogens (tertiary/aromatic N) is 1. The SMILES string of the molecule is CCOC(C(C)C)C(NN)c1cnccc1N. The monoisotopic (exact) mass is 238 g/mol. The van der Waals surface area contributed by atoms with E-state index in [2.05, 4.69) is 24.3 Å². The second-order valence-electron chi connectivity index (χ2n) is 4.31. The van der Waals surface area contributed by atoms with Crippen molar-refractivity contribution in [3.05, 3.63) is 24.0 Å². The molecule has 1 aromatic rings. The maximum Gasteiger partial charge on any atom is 0.0806 e. The zero-order valence-corrected chi connectivity index (χ0v) is 10.7. The normalized spacial score (nSPS) is 14.9. The molecule has 1 aromatic heterocycles. The minimum absolute atomic E-state index is 0.0310. The predicted molar refractivity (Wildman–Crippen MR) is 69.0 cm³/mol. The van der Waals surface area contributed by atoms with Gasteiger partial charge in [-0.3, -0.25) is 16.3 Å². The molecule has 5 heteroatoms. The van der Waals surface area contributed by atoms with Crippen molar-refractivity contribution in [2.75, 3.05) is 12.3 Å². The zero-order chi connectivity index (χ0) is 12.8. The number of rotatable bonds is 6. The highest BCUT2D eigenvalue weighted by atomic mass is 16.5. The molecule has 5 N–H and O–H groups in total. The fourth-order valence-electron chi connectivity index (χ4n) is 1.90. The Hall–Kier alpha value is -1.17. The third kappa shape index (κ3) is 3.39. The van der Waals surface area contributed by atoms with Gasteiger partial charge < -0.3 is 10.5 Å². The van der Waals surface area contributed by atoms with Crippen LogP contribution >= 0.6 is 0 Å². The van der Waals surface area contributed by atoms with E-state index in [1.54, 1.807) is 18.5 Å². The van der Waals surface area contributed by atoms with Crippen molar-refractivity contribution in [3.8, 4) is 0 Å². The van der Waals surface area contributed by atoms with Gasteiger partial charge >= 0.3 is 0 Å². The van der Waals surface area contributed by atoms with Crippen LogP contribution in [-0.4, -0.2) is 17.7 Å². The molecule has 0 spiro atoms. The van der Waals surface area contributed by atoms with Gasteiger partial charge in [-0.25, -0.2) is 0 Å². The average Bonchev–Trinajstić information content (AvgIpc) is 2.31. The summed E-state index contributed by atoms with van der Waals surface area (Å²) < 4.78 is 5.74. The van der Waals surface area contributed by atoms with Crippen molar-refractivity contribution in [2.45, 2.75) is 32.9 Å². The third-order valence-corrected chi connectivity index (χ3v) is 2.75. The van der Waals surface area contributed by atoms with Crippen molar-refractivity contribution < 1.29 is 4.74 Å². The fraction of sp³-hybridized carbons (Fsp3) is 0.583. The van der Waals surface area contributed by atoms with Gasteiger partial charge in [0.15, 0.2) is 0 Å². The summed E-state index contributed by atoms with van der Waals surface area (Å²) in [6, 6.07) is 1.62. The largest absolute Gasteiger partial charge is 0.398 e. The summed E-state index contributed by atoms with van der Waals surface area (Å²) in [4.78, 5) is 4.09. The lowest BCUT2D eigenvalue weighted by molar-refractivity contribution is 0.00286. The van der Waals surface area contributed by atoms with Gasteiger partial charge in [0.2, 0.25) is 0 Å². The number of hydrogen-bond donors (Lipinski definition) is 3. The number of pyridine rings is 1. The first-order valence-electron chi connectivity index (χ1n) is 5.88. The molecular weight excluding hydrogens is 216 g/mol. The van der Waals surface area contributed by atoms with E-state index < -0.39 is 0 Å². The second kappa shape index (κ2) is 6.54. The van der Waals surface area contributed by atoms with Gasteiger partial charge in [-0.2, -0.15) is 0 Å². The first kappa shape index (κ1) is 13.9. The average molecular weight is 238 g/mol. The molecule has 2 unspecified atom stereocenters. The van der Waals surface area contributed by atoms with E-state index in [1.165, 1.54) is 0 Å². The summed E-state index contributed by atoms with van der Waals surface area (Å²) in [5, 5.41) is 0. The van der Waals surface area contributed by atoms with Crippen molar-refractivity contribution in [3.63, 3.8) is 0 Å². The molecule has 1 heterocycles. The molecule has 0 aliphatic carbocycles. The molecule has 0 fully saturated rings. The maximum absolute atomic E-state index is 5.94. The van der Waals surface area contributed by atoms with Crippen molar-refractivity contribution >= 4 is 5.69 Å². The van der Waals surface area contributed by atoms with E-state index in [0.29, 0.717) is 18.2 Å². The van der Waals surface area contributed by atoms with Gasteiger partial charge in [-0.05, 0) is 18.9 Å². The lowest BCUT2D eigenvalue weighted by Crippen LogP contribution is -2.41. The van der Waals surface area contributed by atoms with Crippen LogP contribution in [0.15, 0.2) is 18.5 Å². The van der Waals surface area contributed by atoms with Gasteiger partial charge in [0.1, 0.15) is 0 Å². The number of nitrogen functional groups attached to an aromatic ring is 1. The van der Waals surface area contributed by atoms with Gasteiger partial charge in [-0.15, -0.1) is 0 Å². The van der Waals surface area contributed by atoms with Crippen molar-refractivity contribution in [2.24, 2.45) is 11.8 Å². The predicted octanol–water partition coefficient (Wildman–Crippen LogP) is 1.23. The standard InChI is InChI=1S/C12H22N4O/c1-4-17-12(8(2)3)11(16-14)9-7-15-6-5-10(9)13/h5-8,11-12,16H,4,14H2,1-3H3,(H2,13,15). The zero-order valence-electron chi connectivity index (χ0n) is 10.7. The van der Waals surface area contributed by atoms with Gasteiger partial charge in [0.25, 0.3) is 0 Å². The Labute approximate surface area is 103 Å². The molecule has 0 saturated heterocycles. The summed E-state index contributed by atoms with van der Waals surface area (Å²) in [7, 11) is 0. The van der Waals surface area contributed by atoms with Crippen LogP contribution < -0.4 is 17.0 Å². The minimum atomic E-state index is -0.149. The minimum Gasteiger partial charge on any atom is -0.398 e. The second-order valence-corrected chi connectivity index (χ2v) is 4.31. The number of ether oxygens (including phenoxy) is 1. The molecule has 17 heavy (non-hydrogen) atoms. The molecule has 96 valence electrons. The van der Waals surface area contributed by atoms with Crippen LogP contribution in [0.4, 0.5) is 5.69 Å². The van der Waals surface area contributed by atoms with Crippen LogP contribution in [0.5, 0.6) is 0 Å². The van der Waals surface area contributed by atoms with E-state index >= 15 is 0 Å². The highest BCUT2D eigenvalue weighted by molar-refractivity contribution is 5.46. The van der Waals surface area contributed by atoms with Crippen LogP contribution in [0, 0.1) is 5.92 Å². The molecule has 0 aliphatic rings. The molecule has 0 saturated carbocycles. The Morgan fingerprint density at radius 2 is 2.18 bits per heavy atom. The van der Waals surface area contributed by atoms with Crippen molar-refractivity contribution in [1.82, 2.24) is 10.4 Å². The first-order chi connectivity index (χ1) is 8.11. The van der Waals surface area contributed by atoms with Crippen LogP contribution in [0.25, 0.3) is 0 Å². The molecule has 0 bridgehead atoms. The molecule has 0 amide bonds. The number of hydrogen-bond acceptors (Lipinski definition) is 5. The Morgan fingerprint density at radius 3 is 2.65 bits per heavy atom. The quantitative estimate of drug-likeness (QED) is 0.512. The summed E-state index contributed by atoms with van der Waals surface area (Å²) in [6.07, 6.45) is 3.36. The van der Waals surface area contributed by atoms with E-state index in [-0.39, 0.29) is 12.1 Å². The first-order valence-corrected chi connectivity index (χ1v) is 5.88. The van der Waals surface area contributed by atoms with Crippen LogP contribution in [-0.2, 0) is 4.74 Å². The summed E-state index contributed by atoms with van der Waals surface area (Å²) in [6.45, 7) is 6.80. The highest BCUT2D eigenvalue weighted by Crippen LogP contribution is 2.27. The van der Waals surface area contributed by atoms with Gasteiger partial charge in [0, 0.05) is 30.3 Å². The summed E-state index contributed by atoms with van der Waals surface area (Å²) in [5.74, 6) is 5.96. The summed E-state index contributed by atoms with van der Waals surface area (Å²) >= 11 is 0. The fourth-order valence-corrected chi connectivity index (χ4v) is 1.90. The molecule has 2 atom stereocenters. The van der Waals surface area contributed by atoms with E-state index in [4.69, 9.17) is 16.3 Å². The Morgan fingerprint density at radius 1 is 1.47 bits per heavy atom. The van der Waals surface area contributed by atoms with Gasteiger partial charge in [-0.1, -0.05) is 13.8 Å². The molecule has 1 rings (SSSR count). The molecule has 0 aromatic carbocycles. The highest BCUT2D eigenvalue weighted by Gasteiger charge is 2.27. The maximum atomic E-state index is 5.94. The topological polar surface area (TPSA) is 86.2 Å². The van der Waals surface area contributed by atoms with E-state index in [9.17, 15) is 0 Å². The van der Waals surface area contributed by atoms with E-state index in [1.807, 2.05) is 6.92 Å². The Kier molecular flexibility index (Phi) is 5.34. The number of nitrogens with one attached hydrogen (secondary N) is 1. The van der Waals surface area contributed by atoms with E-state index in [0.717, 1.165) is 5.56 Å². The van der Waals surface area contributed by atoms with Crippen molar-refractivity contribution in [1.29, 1.82) is 0 Å². The smallest absolute Gasteiger partial charge is 0.0806 e. The Bertz CT molecular complexity index is 343. The van der Waals surface area contributed by atoms with Crippen LogP contribution in [0.2, 0.25) is 0 Å². The lowest BCUT2D eigenvalue weighted by atomic mass is 9.94. The number of aromatic nitrogens is 1. The van der Waals surface area contributed by atoms with Crippen LogP contribution in [0.1, 0.15) is 32.4 Å². The Balaban J connectivity index is 3.00. The van der Waals surface area contributed by atoms with Gasteiger partial charge in [0.05, 0.1) is 12.1 Å². The number of hydrazine groups is 1. The number of nitrogens with two attached hydrogens (primary N) is 2.